The number of halogens is 2. The van der Waals surface area contributed by atoms with E-state index < -0.39 is 5.91 Å². The molecule has 5 N–H and O–H groups in total. The number of nitrogens with one attached hydrogen (secondary N) is 1. The maximum absolute atomic E-state index is 11.2. The summed E-state index contributed by atoms with van der Waals surface area (Å²) in [6, 6.07) is 10.4. The highest BCUT2D eigenvalue weighted by molar-refractivity contribution is 14.1. The molecular weight excluding hydrogens is 377 g/mol. The minimum Gasteiger partial charge on any atom is -0.397 e. The van der Waals surface area contributed by atoms with E-state index >= 15 is 0 Å². The van der Waals surface area contributed by atoms with Gasteiger partial charge in [-0.05, 0) is 59.0 Å². The molecule has 0 aliphatic carbocycles. The number of benzene rings is 2. The Kier molecular flexibility index (Phi) is 4.16. The van der Waals surface area contributed by atoms with Crippen molar-refractivity contribution in [1.82, 2.24) is 0 Å². The first-order chi connectivity index (χ1) is 8.97. The minimum atomic E-state index is -0.503. The summed E-state index contributed by atoms with van der Waals surface area (Å²) in [5.41, 5.74) is 13.3. The predicted molar refractivity (Wildman–Crippen MR) is 86.8 cm³/mol. The molecule has 0 aliphatic heterocycles. The molecule has 0 heterocycles. The fourth-order valence-electron chi connectivity index (χ4n) is 1.55. The molecule has 2 rings (SSSR count). The molecule has 6 heteroatoms. The number of nitrogen functional groups attached to an aromatic ring is 1. The molecule has 0 fully saturated rings. The highest BCUT2D eigenvalue weighted by Gasteiger charge is 2.07. The van der Waals surface area contributed by atoms with E-state index in [0.29, 0.717) is 22.0 Å². The summed E-state index contributed by atoms with van der Waals surface area (Å²) in [5.74, 6) is -0.503. The van der Waals surface area contributed by atoms with E-state index in [2.05, 4.69) is 27.9 Å². The summed E-state index contributed by atoms with van der Waals surface area (Å²) in [4.78, 5) is 11.2. The third-order valence-corrected chi connectivity index (χ3v) is 3.52. The quantitative estimate of drug-likeness (QED) is 0.558. The van der Waals surface area contributed by atoms with Gasteiger partial charge in [-0.1, -0.05) is 11.6 Å². The van der Waals surface area contributed by atoms with E-state index in [1.165, 1.54) is 0 Å². The Bertz CT molecular complexity index is 646. The number of hydrogen-bond acceptors (Lipinski definition) is 3. The van der Waals surface area contributed by atoms with Gasteiger partial charge in [0.05, 0.1) is 22.1 Å². The van der Waals surface area contributed by atoms with Gasteiger partial charge in [-0.2, -0.15) is 0 Å². The molecule has 0 unspecified atom stereocenters. The van der Waals surface area contributed by atoms with Gasteiger partial charge in [0.15, 0.2) is 0 Å². The number of carbonyl (C=O) groups is 1. The third-order valence-electron chi connectivity index (χ3n) is 2.54. The van der Waals surface area contributed by atoms with Crippen LogP contribution in [0.5, 0.6) is 0 Å². The molecule has 0 aromatic heterocycles. The Balaban J connectivity index is 2.37. The first-order valence-corrected chi connectivity index (χ1v) is 6.84. The van der Waals surface area contributed by atoms with E-state index in [9.17, 15) is 4.79 Å². The third kappa shape index (κ3) is 3.30. The van der Waals surface area contributed by atoms with Gasteiger partial charge in [0.1, 0.15) is 0 Å². The molecule has 4 nitrogen and oxygen atoms in total. The van der Waals surface area contributed by atoms with Gasteiger partial charge in [0, 0.05) is 9.13 Å². The second kappa shape index (κ2) is 5.66. The number of carbonyl (C=O) groups excluding carboxylic acids is 1. The lowest BCUT2D eigenvalue weighted by molar-refractivity contribution is 0.100. The van der Waals surface area contributed by atoms with Crippen molar-refractivity contribution in [3.05, 3.63) is 50.6 Å². The number of primary amides is 1. The van der Waals surface area contributed by atoms with Crippen molar-refractivity contribution in [2.24, 2.45) is 5.73 Å². The molecular formula is C13H11ClIN3O. The maximum atomic E-state index is 11.2. The molecule has 0 bridgehead atoms. The first kappa shape index (κ1) is 14.0. The van der Waals surface area contributed by atoms with Crippen molar-refractivity contribution in [2.75, 3.05) is 11.1 Å². The number of amides is 1. The van der Waals surface area contributed by atoms with E-state index in [1.54, 1.807) is 18.2 Å². The van der Waals surface area contributed by atoms with Gasteiger partial charge in [-0.15, -0.1) is 0 Å². The minimum absolute atomic E-state index is 0.387. The lowest BCUT2D eigenvalue weighted by Crippen LogP contribution is -2.11. The molecule has 0 radical (unpaired) electrons. The van der Waals surface area contributed by atoms with Gasteiger partial charge in [-0.3, -0.25) is 4.79 Å². The molecule has 2 aromatic carbocycles. The van der Waals surface area contributed by atoms with Crippen LogP contribution >= 0.6 is 34.2 Å². The Hall–Kier alpha value is -1.47. The van der Waals surface area contributed by atoms with Crippen LogP contribution in [0.2, 0.25) is 5.02 Å². The topological polar surface area (TPSA) is 81.1 Å². The van der Waals surface area contributed by atoms with Gasteiger partial charge in [0.2, 0.25) is 5.91 Å². The normalized spacial score (nSPS) is 10.2. The molecule has 0 saturated heterocycles. The molecule has 0 spiro atoms. The Morgan fingerprint density at radius 3 is 2.53 bits per heavy atom. The van der Waals surface area contributed by atoms with E-state index in [-0.39, 0.29) is 0 Å². The summed E-state index contributed by atoms with van der Waals surface area (Å²) in [7, 11) is 0. The zero-order chi connectivity index (χ0) is 14.0. The van der Waals surface area contributed by atoms with Crippen LogP contribution in [0.4, 0.5) is 17.1 Å². The number of anilines is 3. The van der Waals surface area contributed by atoms with Gasteiger partial charge >= 0.3 is 0 Å². The first-order valence-electron chi connectivity index (χ1n) is 5.39. The summed E-state index contributed by atoms with van der Waals surface area (Å²) >= 11 is 8.31. The monoisotopic (exact) mass is 387 g/mol. The summed E-state index contributed by atoms with van der Waals surface area (Å²) < 4.78 is 1.03. The van der Waals surface area contributed by atoms with Crippen LogP contribution < -0.4 is 16.8 Å². The van der Waals surface area contributed by atoms with Gasteiger partial charge < -0.3 is 16.8 Å². The Labute approximate surface area is 129 Å². The summed E-state index contributed by atoms with van der Waals surface area (Å²) in [6.07, 6.45) is 0. The Morgan fingerprint density at radius 1 is 1.16 bits per heavy atom. The highest BCUT2D eigenvalue weighted by Crippen LogP contribution is 2.30. The van der Waals surface area contributed by atoms with Gasteiger partial charge in [-0.25, -0.2) is 0 Å². The molecule has 2 aromatic rings. The smallest absolute Gasteiger partial charge is 0.248 e. The lowest BCUT2D eigenvalue weighted by atomic mass is 10.1. The molecule has 19 heavy (non-hydrogen) atoms. The van der Waals surface area contributed by atoms with E-state index in [1.807, 2.05) is 18.2 Å². The number of nitrogens with two attached hydrogens (primary N) is 2. The lowest BCUT2D eigenvalue weighted by Gasteiger charge is -2.12. The van der Waals surface area contributed by atoms with Crippen LogP contribution in [0, 0.1) is 3.57 Å². The van der Waals surface area contributed by atoms with Crippen LogP contribution in [-0.4, -0.2) is 5.91 Å². The van der Waals surface area contributed by atoms with Crippen molar-refractivity contribution in [1.29, 1.82) is 0 Å². The van der Waals surface area contributed by atoms with Crippen molar-refractivity contribution in [3.63, 3.8) is 0 Å². The van der Waals surface area contributed by atoms with E-state index in [4.69, 9.17) is 23.1 Å². The van der Waals surface area contributed by atoms with Crippen LogP contribution in [0.3, 0.4) is 0 Å². The van der Waals surface area contributed by atoms with Crippen LogP contribution in [0.1, 0.15) is 10.4 Å². The average molecular weight is 388 g/mol. The molecule has 0 aliphatic rings. The standard InChI is InChI=1S/C13H11ClIN3O/c14-9-6-8(15)2-4-11(9)18-12-5-7(13(17)19)1-3-10(12)16/h1-6,18H,16H2,(H2,17,19). The van der Waals surface area contributed by atoms with Crippen molar-refractivity contribution < 1.29 is 4.79 Å². The summed E-state index contributed by atoms with van der Waals surface area (Å²) in [5, 5.41) is 3.67. The number of hydrogen-bond donors (Lipinski definition) is 3. The average Bonchev–Trinajstić information content (AvgIpc) is 2.34. The van der Waals surface area contributed by atoms with Gasteiger partial charge in [0.25, 0.3) is 0 Å². The maximum Gasteiger partial charge on any atom is 0.248 e. The molecule has 0 atom stereocenters. The zero-order valence-corrected chi connectivity index (χ0v) is 12.7. The van der Waals surface area contributed by atoms with Crippen molar-refractivity contribution in [3.8, 4) is 0 Å². The van der Waals surface area contributed by atoms with E-state index in [0.717, 1.165) is 9.26 Å². The SMILES string of the molecule is NC(=O)c1ccc(N)c(Nc2ccc(I)cc2Cl)c1. The van der Waals surface area contributed by atoms with Crippen LogP contribution in [-0.2, 0) is 0 Å². The fourth-order valence-corrected chi connectivity index (χ4v) is 2.46. The van der Waals surface area contributed by atoms with Crippen LogP contribution in [0.15, 0.2) is 36.4 Å². The molecule has 98 valence electrons. The molecule has 1 amide bonds. The fraction of sp³-hybridized carbons (Fsp3) is 0. The van der Waals surface area contributed by atoms with Crippen molar-refractivity contribution in [2.45, 2.75) is 0 Å². The zero-order valence-electron chi connectivity index (χ0n) is 9.78. The number of rotatable bonds is 3. The molecule has 0 saturated carbocycles. The van der Waals surface area contributed by atoms with Crippen molar-refractivity contribution >= 4 is 57.2 Å². The second-order valence-electron chi connectivity index (χ2n) is 3.92. The Morgan fingerprint density at radius 2 is 1.89 bits per heavy atom. The highest BCUT2D eigenvalue weighted by atomic mass is 127. The second-order valence-corrected chi connectivity index (χ2v) is 5.57. The predicted octanol–water partition coefficient (Wildman–Crippen LogP) is 3.37. The largest absolute Gasteiger partial charge is 0.397 e. The van der Waals surface area contributed by atoms with Crippen LogP contribution in [0.25, 0.3) is 0 Å². The summed E-state index contributed by atoms with van der Waals surface area (Å²) in [6.45, 7) is 0.